The van der Waals surface area contributed by atoms with Crippen molar-refractivity contribution < 1.29 is 18.7 Å². The van der Waals surface area contributed by atoms with Crippen LogP contribution >= 0.6 is 0 Å². The highest BCUT2D eigenvalue weighted by atomic mass is 16.5. The molecule has 1 N–H and O–H groups in total. The van der Waals surface area contributed by atoms with Crippen LogP contribution in [0.3, 0.4) is 0 Å². The van der Waals surface area contributed by atoms with Crippen LogP contribution in [0, 0.1) is 0 Å². The minimum absolute atomic E-state index is 0.280. The number of rotatable bonds is 6. The van der Waals surface area contributed by atoms with E-state index in [-0.39, 0.29) is 11.9 Å². The minimum atomic E-state index is -0.363. The van der Waals surface area contributed by atoms with Crippen molar-refractivity contribution in [2.24, 2.45) is 0 Å². The maximum atomic E-state index is 11.7. The average molecular weight is 299 g/mol. The third-order valence-electron chi connectivity index (χ3n) is 2.77. The summed E-state index contributed by atoms with van der Waals surface area (Å²) in [5.41, 5.74) is 1.05. The lowest BCUT2D eigenvalue weighted by Gasteiger charge is -2.05. The maximum Gasteiger partial charge on any atom is 0.338 e. The highest BCUT2D eigenvalue weighted by Gasteiger charge is 2.06. The summed E-state index contributed by atoms with van der Waals surface area (Å²) in [5.74, 6) is -0.0423. The molecule has 0 aliphatic heterocycles. The van der Waals surface area contributed by atoms with Crippen LogP contribution in [0.25, 0.3) is 6.08 Å². The third kappa shape index (κ3) is 4.63. The maximum absolute atomic E-state index is 11.7. The summed E-state index contributed by atoms with van der Waals surface area (Å²) in [5, 5.41) is 2.69. The molecule has 0 fully saturated rings. The number of hydrogen-bond acceptors (Lipinski definition) is 4. The molecule has 0 spiro atoms. The number of esters is 1. The lowest BCUT2D eigenvalue weighted by atomic mass is 10.2. The lowest BCUT2D eigenvalue weighted by molar-refractivity contribution is -0.111. The van der Waals surface area contributed by atoms with Gasteiger partial charge in [-0.2, -0.15) is 0 Å². The summed E-state index contributed by atoms with van der Waals surface area (Å²) in [6, 6.07) is 10.0. The molecule has 1 amide bonds. The summed E-state index contributed by atoms with van der Waals surface area (Å²) in [6.45, 7) is 2.33. The van der Waals surface area contributed by atoms with Crippen LogP contribution in [0.5, 0.6) is 0 Å². The second-order valence-corrected chi connectivity index (χ2v) is 4.55. The molecular formula is C17H17NO4. The Balaban J connectivity index is 1.90. The smallest absolute Gasteiger partial charge is 0.338 e. The molecule has 0 aliphatic carbocycles. The number of amides is 1. The van der Waals surface area contributed by atoms with E-state index in [1.807, 2.05) is 6.92 Å². The Morgan fingerprint density at radius 2 is 2.00 bits per heavy atom. The van der Waals surface area contributed by atoms with E-state index in [0.717, 1.165) is 6.42 Å². The molecule has 2 rings (SSSR count). The number of anilines is 1. The highest BCUT2D eigenvalue weighted by molar-refractivity contribution is 6.02. The normalized spacial score (nSPS) is 10.6. The fourth-order valence-corrected chi connectivity index (χ4v) is 1.70. The van der Waals surface area contributed by atoms with Gasteiger partial charge in [0, 0.05) is 11.8 Å². The molecule has 0 unspecified atom stereocenters. The molecule has 0 radical (unpaired) electrons. The van der Waals surface area contributed by atoms with E-state index >= 15 is 0 Å². The fraction of sp³-hybridized carbons (Fsp3) is 0.176. The Morgan fingerprint density at radius 3 is 2.64 bits per heavy atom. The molecule has 1 aromatic heterocycles. The van der Waals surface area contributed by atoms with Gasteiger partial charge in [0.15, 0.2) is 0 Å². The number of hydrogen-bond donors (Lipinski definition) is 1. The third-order valence-corrected chi connectivity index (χ3v) is 2.77. The molecule has 0 atom stereocenters. The Hall–Kier alpha value is -2.82. The number of carbonyl (C=O) groups excluding carboxylic acids is 2. The lowest BCUT2D eigenvalue weighted by Crippen LogP contribution is -2.09. The van der Waals surface area contributed by atoms with E-state index in [1.54, 1.807) is 42.5 Å². The van der Waals surface area contributed by atoms with Crippen molar-refractivity contribution in [1.29, 1.82) is 0 Å². The van der Waals surface area contributed by atoms with Crippen molar-refractivity contribution in [3.63, 3.8) is 0 Å². The summed E-state index contributed by atoms with van der Waals surface area (Å²) < 4.78 is 10.1. The van der Waals surface area contributed by atoms with E-state index in [2.05, 4.69) is 5.32 Å². The number of ether oxygens (including phenoxy) is 1. The van der Waals surface area contributed by atoms with Crippen LogP contribution in [0.4, 0.5) is 5.69 Å². The largest absolute Gasteiger partial charge is 0.465 e. The van der Waals surface area contributed by atoms with Gasteiger partial charge in [-0.05, 0) is 48.9 Å². The molecule has 0 saturated heterocycles. The molecular weight excluding hydrogens is 282 g/mol. The van der Waals surface area contributed by atoms with Gasteiger partial charge in [0.1, 0.15) is 5.76 Å². The SMILES string of the molecule is CCCOC(=O)c1ccc(NC(=O)/C=C/c2ccco2)cc1. The zero-order valence-electron chi connectivity index (χ0n) is 12.2. The molecule has 22 heavy (non-hydrogen) atoms. The Labute approximate surface area is 128 Å². The number of carbonyl (C=O) groups is 2. The quantitative estimate of drug-likeness (QED) is 0.654. The van der Waals surface area contributed by atoms with Crippen molar-refractivity contribution in [2.75, 3.05) is 11.9 Å². The first kappa shape index (κ1) is 15.6. The van der Waals surface area contributed by atoms with Crippen LogP contribution < -0.4 is 5.32 Å². The van der Waals surface area contributed by atoms with E-state index < -0.39 is 0 Å². The highest BCUT2D eigenvalue weighted by Crippen LogP contribution is 2.11. The molecule has 0 aliphatic rings. The predicted molar refractivity (Wildman–Crippen MR) is 83.4 cm³/mol. The molecule has 0 saturated carbocycles. The van der Waals surface area contributed by atoms with Crippen molar-refractivity contribution in [1.82, 2.24) is 0 Å². The van der Waals surface area contributed by atoms with E-state index in [9.17, 15) is 9.59 Å². The van der Waals surface area contributed by atoms with Gasteiger partial charge in [-0.15, -0.1) is 0 Å². The summed E-state index contributed by atoms with van der Waals surface area (Å²) >= 11 is 0. The second-order valence-electron chi connectivity index (χ2n) is 4.55. The fourth-order valence-electron chi connectivity index (χ4n) is 1.70. The van der Waals surface area contributed by atoms with Crippen LogP contribution in [0.2, 0.25) is 0 Å². The van der Waals surface area contributed by atoms with Crippen LogP contribution in [0.15, 0.2) is 53.2 Å². The first-order chi connectivity index (χ1) is 10.7. The topological polar surface area (TPSA) is 68.5 Å². The van der Waals surface area contributed by atoms with Gasteiger partial charge in [-0.3, -0.25) is 4.79 Å². The van der Waals surface area contributed by atoms with E-state index in [4.69, 9.17) is 9.15 Å². The Morgan fingerprint density at radius 1 is 1.23 bits per heavy atom. The van der Waals surface area contributed by atoms with Gasteiger partial charge in [-0.25, -0.2) is 4.79 Å². The predicted octanol–water partition coefficient (Wildman–Crippen LogP) is 3.50. The van der Waals surface area contributed by atoms with Crippen molar-refractivity contribution >= 4 is 23.6 Å². The van der Waals surface area contributed by atoms with Gasteiger partial charge < -0.3 is 14.5 Å². The zero-order chi connectivity index (χ0) is 15.8. The van der Waals surface area contributed by atoms with Crippen LogP contribution in [0.1, 0.15) is 29.5 Å². The van der Waals surface area contributed by atoms with Crippen LogP contribution in [-0.4, -0.2) is 18.5 Å². The average Bonchev–Trinajstić information content (AvgIpc) is 3.05. The van der Waals surface area contributed by atoms with Gasteiger partial charge in [-0.1, -0.05) is 6.92 Å². The molecule has 5 nitrogen and oxygen atoms in total. The number of nitrogens with one attached hydrogen (secondary N) is 1. The first-order valence-electron chi connectivity index (χ1n) is 6.99. The molecule has 2 aromatic rings. The van der Waals surface area contributed by atoms with Gasteiger partial charge >= 0.3 is 5.97 Å². The number of benzene rings is 1. The molecule has 1 heterocycles. The molecule has 5 heteroatoms. The van der Waals surface area contributed by atoms with Crippen LogP contribution in [-0.2, 0) is 9.53 Å². The molecule has 0 bridgehead atoms. The molecule has 1 aromatic carbocycles. The van der Waals surface area contributed by atoms with E-state index in [1.165, 1.54) is 12.3 Å². The number of furan rings is 1. The van der Waals surface area contributed by atoms with Crippen molar-refractivity contribution in [3.8, 4) is 0 Å². The minimum Gasteiger partial charge on any atom is -0.465 e. The van der Waals surface area contributed by atoms with Gasteiger partial charge in [0.25, 0.3) is 0 Å². The summed E-state index contributed by atoms with van der Waals surface area (Å²) in [7, 11) is 0. The monoisotopic (exact) mass is 299 g/mol. The Bertz CT molecular complexity index is 642. The van der Waals surface area contributed by atoms with Crippen molar-refractivity contribution in [2.45, 2.75) is 13.3 Å². The standard InChI is InChI=1S/C17H17NO4/c1-2-11-22-17(20)13-5-7-14(8-6-13)18-16(19)10-9-15-4-3-12-21-15/h3-10,12H,2,11H2,1H3,(H,18,19)/b10-9+. The van der Waals surface area contributed by atoms with Gasteiger partial charge in [0.2, 0.25) is 5.91 Å². The second kappa shape index (κ2) is 7.83. The zero-order valence-corrected chi connectivity index (χ0v) is 12.2. The molecule has 114 valence electrons. The Kier molecular flexibility index (Phi) is 5.54. The summed E-state index contributed by atoms with van der Waals surface area (Å²) in [6.07, 6.45) is 5.27. The van der Waals surface area contributed by atoms with Gasteiger partial charge in [0.05, 0.1) is 18.4 Å². The summed E-state index contributed by atoms with van der Waals surface area (Å²) in [4.78, 5) is 23.4. The van der Waals surface area contributed by atoms with Crippen molar-refractivity contribution in [3.05, 3.63) is 60.1 Å². The first-order valence-corrected chi connectivity index (χ1v) is 6.99. The van der Waals surface area contributed by atoms with E-state index in [0.29, 0.717) is 23.6 Å².